The van der Waals surface area contributed by atoms with Gasteiger partial charge in [0.1, 0.15) is 5.75 Å². The first-order chi connectivity index (χ1) is 12.5. The number of amides is 1. The van der Waals surface area contributed by atoms with Crippen molar-refractivity contribution in [3.63, 3.8) is 0 Å². The van der Waals surface area contributed by atoms with Gasteiger partial charge < -0.3 is 25.3 Å². The zero-order chi connectivity index (χ0) is 18.9. The third kappa shape index (κ3) is 5.22. The molecule has 0 saturated heterocycles. The lowest BCUT2D eigenvalue weighted by molar-refractivity contribution is -0.145. The molecule has 0 unspecified atom stereocenters. The topological polar surface area (TPSA) is 99.9 Å². The van der Waals surface area contributed by atoms with Gasteiger partial charge in [0.15, 0.2) is 6.61 Å². The second kappa shape index (κ2) is 9.43. The molecule has 1 amide bonds. The van der Waals surface area contributed by atoms with Crippen molar-refractivity contribution in [2.24, 2.45) is 0 Å². The lowest BCUT2D eigenvalue weighted by Gasteiger charge is -2.13. The van der Waals surface area contributed by atoms with E-state index in [4.69, 9.17) is 19.9 Å². The summed E-state index contributed by atoms with van der Waals surface area (Å²) in [5.74, 6) is -0.424. The summed E-state index contributed by atoms with van der Waals surface area (Å²) in [6.45, 7) is 2.07. The Kier molecular flexibility index (Phi) is 6.99. The van der Waals surface area contributed by atoms with Gasteiger partial charge in [-0.2, -0.15) is 0 Å². The molecule has 0 aliphatic carbocycles. The number of benzene rings is 2. The van der Waals surface area contributed by atoms with E-state index in [-0.39, 0.29) is 19.1 Å². The minimum Gasteiger partial charge on any atom is -0.480 e. The van der Waals surface area contributed by atoms with Crippen molar-refractivity contribution >= 4 is 23.3 Å². The molecule has 0 atom stereocenters. The highest BCUT2D eigenvalue weighted by Gasteiger charge is 2.13. The van der Waals surface area contributed by atoms with Crippen LogP contribution in [0.3, 0.4) is 0 Å². The number of nitrogens with two attached hydrogens (primary N) is 1. The van der Waals surface area contributed by atoms with Crippen LogP contribution in [0, 0.1) is 0 Å². The molecule has 0 fully saturated rings. The standard InChI is InChI=1S/C19H22N2O5/c1-3-25-18(22)12-26-17-7-5-4-6-16(17)21-19(23)13-8-9-15(20)14(10-13)11-24-2/h4-10H,3,11-12,20H2,1-2H3,(H,21,23). The number of carbonyl (C=O) groups is 2. The Bertz CT molecular complexity index is 776. The van der Waals surface area contributed by atoms with Crippen LogP contribution in [0.1, 0.15) is 22.8 Å². The molecule has 7 nitrogen and oxygen atoms in total. The van der Waals surface area contributed by atoms with Crippen LogP contribution in [0.25, 0.3) is 0 Å². The van der Waals surface area contributed by atoms with E-state index < -0.39 is 5.97 Å². The van der Waals surface area contributed by atoms with Crippen LogP contribution < -0.4 is 15.8 Å². The van der Waals surface area contributed by atoms with Crippen LogP contribution in [-0.2, 0) is 20.9 Å². The van der Waals surface area contributed by atoms with Crippen molar-refractivity contribution in [3.05, 3.63) is 53.6 Å². The van der Waals surface area contributed by atoms with Gasteiger partial charge in [-0.25, -0.2) is 4.79 Å². The molecule has 0 heterocycles. The van der Waals surface area contributed by atoms with Crippen LogP contribution in [0.5, 0.6) is 5.75 Å². The van der Waals surface area contributed by atoms with E-state index >= 15 is 0 Å². The highest BCUT2D eigenvalue weighted by molar-refractivity contribution is 6.05. The van der Waals surface area contributed by atoms with E-state index in [0.717, 1.165) is 5.56 Å². The second-order valence-electron chi connectivity index (χ2n) is 5.39. The molecule has 0 spiro atoms. The minimum atomic E-state index is -0.476. The zero-order valence-electron chi connectivity index (χ0n) is 14.8. The second-order valence-corrected chi connectivity index (χ2v) is 5.39. The maximum atomic E-state index is 12.5. The highest BCUT2D eigenvalue weighted by atomic mass is 16.6. The Balaban J connectivity index is 2.12. The van der Waals surface area contributed by atoms with E-state index in [9.17, 15) is 9.59 Å². The Hall–Kier alpha value is -3.06. The number of carbonyl (C=O) groups excluding carboxylic acids is 2. The Morgan fingerprint density at radius 2 is 1.92 bits per heavy atom. The molecule has 3 N–H and O–H groups in total. The summed E-state index contributed by atoms with van der Waals surface area (Å²) in [6, 6.07) is 11.8. The molecular formula is C19H22N2O5. The number of hydrogen-bond acceptors (Lipinski definition) is 6. The van der Waals surface area contributed by atoms with Crippen molar-refractivity contribution in [3.8, 4) is 5.75 Å². The lowest BCUT2D eigenvalue weighted by atomic mass is 10.1. The molecule has 138 valence electrons. The molecule has 0 aliphatic heterocycles. The quantitative estimate of drug-likeness (QED) is 0.556. The zero-order valence-corrected chi connectivity index (χ0v) is 14.8. The molecule has 0 radical (unpaired) electrons. The third-order valence-electron chi connectivity index (χ3n) is 3.49. The van der Waals surface area contributed by atoms with Crippen LogP contribution in [0.2, 0.25) is 0 Å². The normalized spacial score (nSPS) is 10.2. The molecule has 0 saturated carbocycles. The highest BCUT2D eigenvalue weighted by Crippen LogP contribution is 2.25. The fourth-order valence-corrected chi connectivity index (χ4v) is 2.26. The molecule has 2 aromatic rings. The summed E-state index contributed by atoms with van der Waals surface area (Å²) in [4.78, 5) is 24.0. The smallest absolute Gasteiger partial charge is 0.344 e. The maximum absolute atomic E-state index is 12.5. The van der Waals surface area contributed by atoms with Crippen molar-refractivity contribution < 1.29 is 23.8 Å². The summed E-state index contributed by atoms with van der Waals surface area (Å²) in [6.07, 6.45) is 0. The summed E-state index contributed by atoms with van der Waals surface area (Å²) in [5, 5.41) is 2.77. The van der Waals surface area contributed by atoms with E-state index in [1.54, 1.807) is 56.5 Å². The first-order valence-corrected chi connectivity index (χ1v) is 8.11. The van der Waals surface area contributed by atoms with Crippen molar-refractivity contribution in [1.82, 2.24) is 0 Å². The van der Waals surface area contributed by atoms with Crippen LogP contribution in [0.4, 0.5) is 11.4 Å². The Morgan fingerprint density at radius 3 is 2.65 bits per heavy atom. The molecular weight excluding hydrogens is 336 g/mol. The molecule has 0 bridgehead atoms. The van der Waals surface area contributed by atoms with Gasteiger partial charge in [-0.15, -0.1) is 0 Å². The Morgan fingerprint density at radius 1 is 1.15 bits per heavy atom. The van der Waals surface area contributed by atoms with Crippen LogP contribution >= 0.6 is 0 Å². The monoisotopic (exact) mass is 358 g/mol. The van der Waals surface area contributed by atoms with Crippen molar-refractivity contribution in [2.45, 2.75) is 13.5 Å². The van der Waals surface area contributed by atoms with E-state index in [0.29, 0.717) is 29.3 Å². The van der Waals surface area contributed by atoms with Crippen molar-refractivity contribution in [2.75, 3.05) is 31.4 Å². The molecule has 0 aromatic heterocycles. The number of hydrogen-bond donors (Lipinski definition) is 2. The average Bonchev–Trinajstić information content (AvgIpc) is 2.63. The van der Waals surface area contributed by atoms with Gasteiger partial charge in [-0.05, 0) is 37.3 Å². The van der Waals surface area contributed by atoms with Gasteiger partial charge in [0.25, 0.3) is 5.91 Å². The number of anilines is 2. The number of methoxy groups -OCH3 is 1. The molecule has 2 aromatic carbocycles. The Labute approximate surface area is 152 Å². The van der Waals surface area contributed by atoms with E-state index in [1.807, 2.05) is 0 Å². The number of rotatable bonds is 8. The first-order valence-electron chi connectivity index (χ1n) is 8.11. The predicted molar refractivity (Wildman–Crippen MR) is 98.1 cm³/mol. The first kappa shape index (κ1) is 19.3. The van der Waals surface area contributed by atoms with E-state index in [2.05, 4.69) is 5.32 Å². The van der Waals surface area contributed by atoms with Gasteiger partial charge in [0, 0.05) is 23.9 Å². The predicted octanol–water partition coefficient (Wildman–Crippen LogP) is 2.61. The minimum absolute atomic E-state index is 0.236. The SMILES string of the molecule is CCOC(=O)COc1ccccc1NC(=O)c1ccc(N)c(COC)c1. The van der Waals surface area contributed by atoms with Crippen molar-refractivity contribution in [1.29, 1.82) is 0 Å². The number of ether oxygens (including phenoxy) is 3. The number of nitrogens with one attached hydrogen (secondary N) is 1. The fourth-order valence-electron chi connectivity index (χ4n) is 2.26. The number of para-hydroxylation sites is 2. The van der Waals surface area contributed by atoms with Gasteiger partial charge in [-0.1, -0.05) is 12.1 Å². The summed E-state index contributed by atoms with van der Waals surface area (Å²) < 4.78 is 15.3. The number of esters is 1. The van der Waals surface area contributed by atoms with Gasteiger partial charge in [0.2, 0.25) is 0 Å². The number of nitrogen functional groups attached to an aromatic ring is 1. The van der Waals surface area contributed by atoms with Gasteiger partial charge in [-0.3, -0.25) is 4.79 Å². The molecule has 7 heteroatoms. The largest absolute Gasteiger partial charge is 0.480 e. The average molecular weight is 358 g/mol. The summed E-state index contributed by atoms with van der Waals surface area (Å²) in [5.41, 5.74) is 8.04. The van der Waals surface area contributed by atoms with Crippen LogP contribution in [0.15, 0.2) is 42.5 Å². The van der Waals surface area contributed by atoms with E-state index in [1.165, 1.54) is 0 Å². The molecule has 2 rings (SSSR count). The fraction of sp³-hybridized carbons (Fsp3) is 0.263. The van der Waals surface area contributed by atoms with Crippen LogP contribution in [-0.4, -0.2) is 32.2 Å². The maximum Gasteiger partial charge on any atom is 0.344 e. The molecule has 26 heavy (non-hydrogen) atoms. The third-order valence-corrected chi connectivity index (χ3v) is 3.49. The summed E-state index contributed by atoms with van der Waals surface area (Å²) >= 11 is 0. The summed E-state index contributed by atoms with van der Waals surface area (Å²) in [7, 11) is 1.56. The lowest BCUT2D eigenvalue weighted by Crippen LogP contribution is -2.17. The van der Waals surface area contributed by atoms with Gasteiger partial charge >= 0.3 is 5.97 Å². The van der Waals surface area contributed by atoms with Gasteiger partial charge in [0.05, 0.1) is 18.9 Å². The molecule has 0 aliphatic rings.